The van der Waals surface area contributed by atoms with Gasteiger partial charge < -0.3 is 14.4 Å². The van der Waals surface area contributed by atoms with Crippen molar-refractivity contribution < 1.29 is 9.47 Å². The summed E-state index contributed by atoms with van der Waals surface area (Å²) in [4.78, 5) is 11.4. The average molecular weight is 550 g/mol. The van der Waals surface area contributed by atoms with E-state index in [0.29, 0.717) is 0 Å². The van der Waals surface area contributed by atoms with E-state index in [1.165, 1.54) is 0 Å². The molecule has 0 spiro atoms. The second-order valence-electron chi connectivity index (χ2n) is 10.1. The van der Waals surface area contributed by atoms with E-state index < -0.39 is 0 Å². The first-order valence-corrected chi connectivity index (χ1v) is 13.9. The lowest BCUT2D eigenvalue weighted by molar-refractivity contribution is 0.473. The monoisotopic (exact) mass is 549 g/mol. The Labute approximate surface area is 246 Å². The van der Waals surface area contributed by atoms with E-state index in [0.717, 1.165) is 56.8 Å². The Morgan fingerprint density at radius 2 is 1.31 bits per heavy atom. The summed E-state index contributed by atoms with van der Waals surface area (Å²) in [5.74, 6) is 2.88. The molecule has 1 atom stereocenters. The topological polar surface area (TPSA) is 47.5 Å². The van der Waals surface area contributed by atoms with Gasteiger partial charge in [-0.25, -0.2) is 0 Å². The van der Waals surface area contributed by atoms with Crippen LogP contribution in [0.15, 0.2) is 146 Å². The zero-order valence-corrected chi connectivity index (χ0v) is 23.6. The summed E-state index contributed by atoms with van der Waals surface area (Å²) in [5.41, 5.74) is 5.97. The third-order valence-electron chi connectivity index (χ3n) is 7.00. The molecule has 0 saturated carbocycles. The van der Waals surface area contributed by atoms with Crippen LogP contribution in [0.25, 0.3) is 11.3 Å². The lowest BCUT2D eigenvalue weighted by Crippen LogP contribution is -2.08. The first kappa shape index (κ1) is 26.8. The van der Waals surface area contributed by atoms with Crippen molar-refractivity contribution in [3.05, 3.63) is 163 Å². The molecule has 0 saturated heterocycles. The van der Waals surface area contributed by atoms with Gasteiger partial charge in [-0.15, -0.1) is 0 Å². The molecule has 5 heteroatoms. The van der Waals surface area contributed by atoms with E-state index in [1.54, 1.807) is 0 Å². The largest absolute Gasteiger partial charge is 0.457 e. The molecular weight excluding hydrogens is 518 g/mol. The number of aromatic nitrogens is 2. The summed E-state index contributed by atoms with van der Waals surface area (Å²) >= 11 is 0. The maximum absolute atomic E-state index is 6.42. The minimum atomic E-state index is -0.168. The van der Waals surface area contributed by atoms with Gasteiger partial charge >= 0.3 is 0 Å². The Balaban J connectivity index is 1.34. The van der Waals surface area contributed by atoms with Crippen LogP contribution >= 0.6 is 0 Å². The molecule has 0 bridgehead atoms. The molecule has 0 unspecified atom stereocenters. The molecule has 4 aromatic carbocycles. The van der Waals surface area contributed by atoms with Crippen molar-refractivity contribution in [2.45, 2.75) is 5.92 Å². The van der Waals surface area contributed by atoms with Crippen molar-refractivity contribution in [2.75, 3.05) is 19.0 Å². The highest BCUT2D eigenvalue weighted by atomic mass is 16.5. The molecule has 2 heterocycles. The molecule has 206 valence electrons. The number of hydrogen-bond acceptors (Lipinski definition) is 5. The summed E-state index contributed by atoms with van der Waals surface area (Å²) in [7, 11) is 4.05. The Hall–Kier alpha value is -5.42. The molecule has 5 nitrogen and oxygen atoms in total. The molecule has 0 radical (unpaired) electrons. The molecule has 0 fully saturated rings. The van der Waals surface area contributed by atoms with Crippen LogP contribution in [0, 0.1) is 0 Å². The Morgan fingerprint density at radius 3 is 2.12 bits per heavy atom. The first-order valence-electron chi connectivity index (χ1n) is 13.9. The number of anilines is 1. The molecular formula is C37H31N3O2. The van der Waals surface area contributed by atoms with E-state index in [2.05, 4.69) is 40.2 Å². The average Bonchev–Trinajstić information content (AvgIpc) is 3.03. The SMILES string of the molecule is CN(C)c1ccnc(-c2cccc(Oc3cccc([C@H](c4ccccn4)c4ccccc4Oc4ccccc4)c3)c2)c1. The van der Waals surface area contributed by atoms with Crippen LogP contribution in [0.2, 0.25) is 0 Å². The van der Waals surface area contributed by atoms with Crippen molar-refractivity contribution in [3.63, 3.8) is 0 Å². The van der Waals surface area contributed by atoms with Gasteiger partial charge in [-0.2, -0.15) is 0 Å². The predicted octanol–water partition coefficient (Wildman–Crippen LogP) is 8.97. The molecule has 0 N–H and O–H groups in total. The van der Waals surface area contributed by atoms with Crippen molar-refractivity contribution >= 4 is 5.69 Å². The minimum Gasteiger partial charge on any atom is -0.457 e. The van der Waals surface area contributed by atoms with E-state index in [-0.39, 0.29) is 5.92 Å². The fourth-order valence-electron chi connectivity index (χ4n) is 4.95. The van der Waals surface area contributed by atoms with Crippen LogP contribution < -0.4 is 14.4 Å². The van der Waals surface area contributed by atoms with Gasteiger partial charge in [0.05, 0.1) is 17.3 Å². The molecule has 0 amide bonds. The van der Waals surface area contributed by atoms with E-state index in [1.807, 2.05) is 130 Å². The summed E-state index contributed by atoms with van der Waals surface area (Å²) in [6, 6.07) is 44.3. The van der Waals surface area contributed by atoms with Crippen LogP contribution in [-0.4, -0.2) is 24.1 Å². The number of hydrogen-bond donors (Lipinski definition) is 0. The quantitative estimate of drug-likeness (QED) is 0.180. The predicted molar refractivity (Wildman–Crippen MR) is 169 cm³/mol. The second kappa shape index (κ2) is 12.4. The Kier molecular flexibility index (Phi) is 7.91. The lowest BCUT2D eigenvalue weighted by Gasteiger charge is -2.21. The Bertz CT molecular complexity index is 1770. The molecule has 0 aliphatic rings. The lowest BCUT2D eigenvalue weighted by atomic mass is 9.87. The van der Waals surface area contributed by atoms with Crippen molar-refractivity contribution in [1.82, 2.24) is 9.97 Å². The van der Waals surface area contributed by atoms with Gasteiger partial charge in [0, 0.05) is 43.3 Å². The van der Waals surface area contributed by atoms with E-state index >= 15 is 0 Å². The van der Waals surface area contributed by atoms with Crippen LogP contribution in [0.3, 0.4) is 0 Å². The van der Waals surface area contributed by atoms with Crippen molar-refractivity contribution in [2.24, 2.45) is 0 Å². The highest BCUT2D eigenvalue weighted by Gasteiger charge is 2.22. The number of pyridine rings is 2. The molecule has 0 aliphatic heterocycles. The minimum absolute atomic E-state index is 0.168. The highest BCUT2D eigenvalue weighted by molar-refractivity contribution is 5.66. The van der Waals surface area contributed by atoms with Gasteiger partial charge in [0.15, 0.2) is 0 Å². The number of rotatable bonds is 9. The fourth-order valence-corrected chi connectivity index (χ4v) is 4.95. The maximum Gasteiger partial charge on any atom is 0.131 e. The first-order chi connectivity index (χ1) is 20.6. The van der Waals surface area contributed by atoms with Crippen LogP contribution in [0.4, 0.5) is 5.69 Å². The van der Waals surface area contributed by atoms with Gasteiger partial charge in [-0.1, -0.05) is 66.7 Å². The van der Waals surface area contributed by atoms with Crippen molar-refractivity contribution in [3.8, 4) is 34.3 Å². The number of ether oxygens (including phenoxy) is 2. The number of nitrogens with zero attached hydrogens (tertiary/aromatic N) is 3. The molecule has 2 aromatic heterocycles. The maximum atomic E-state index is 6.42. The molecule has 0 aliphatic carbocycles. The fraction of sp³-hybridized carbons (Fsp3) is 0.0811. The second-order valence-corrected chi connectivity index (χ2v) is 10.1. The molecule has 6 aromatic rings. The molecule has 6 rings (SSSR count). The summed E-state index contributed by atoms with van der Waals surface area (Å²) in [6.45, 7) is 0. The summed E-state index contributed by atoms with van der Waals surface area (Å²) < 4.78 is 12.8. The van der Waals surface area contributed by atoms with Gasteiger partial charge in [0.25, 0.3) is 0 Å². The molecule has 42 heavy (non-hydrogen) atoms. The Morgan fingerprint density at radius 1 is 0.571 bits per heavy atom. The summed E-state index contributed by atoms with van der Waals surface area (Å²) in [5, 5.41) is 0. The van der Waals surface area contributed by atoms with Gasteiger partial charge in [0.2, 0.25) is 0 Å². The van der Waals surface area contributed by atoms with E-state index in [4.69, 9.17) is 14.5 Å². The summed E-state index contributed by atoms with van der Waals surface area (Å²) in [6.07, 6.45) is 3.66. The smallest absolute Gasteiger partial charge is 0.131 e. The zero-order chi connectivity index (χ0) is 28.7. The van der Waals surface area contributed by atoms with Crippen molar-refractivity contribution in [1.29, 1.82) is 0 Å². The standard InChI is InChI=1S/C37H31N3O2/c1-40(2)29-21-23-39-35(26-29)27-12-10-16-31(24-27)41-32-17-11-13-28(25-32)37(34-19-8-9-22-38-34)33-18-6-7-20-36(33)42-30-14-4-3-5-15-30/h3-26,37H,1-2H3/t37-/m0/s1. The van der Waals surface area contributed by atoms with Crippen LogP contribution in [-0.2, 0) is 0 Å². The van der Waals surface area contributed by atoms with E-state index in [9.17, 15) is 0 Å². The third kappa shape index (κ3) is 6.16. The highest BCUT2D eigenvalue weighted by Crippen LogP contribution is 2.39. The van der Waals surface area contributed by atoms with Crippen LogP contribution in [0.1, 0.15) is 22.7 Å². The van der Waals surface area contributed by atoms with Gasteiger partial charge in [-0.3, -0.25) is 9.97 Å². The third-order valence-corrected chi connectivity index (χ3v) is 7.00. The number of para-hydroxylation sites is 2. The normalized spacial score (nSPS) is 11.5. The van der Waals surface area contributed by atoms with Gasteiger partial charge in [-0.05, 0) is 72.3 Å². The van der Waals surface area contributed by atoms with Gasteiger partial charge in [0.1, 0.15) is 23.0 Å². The number of benzene rings is 4. The van der Waals surface area contributed by atoms with Crippen LogP contribution in [0.5, 0.6) is 23.0 Å². The zero-order valence-electron chi connectivity index (χ0n) is 23.6.